The van der Waals surface area contributed by atoms with Crippen molar-refractivity contribution in [3.05, 3.63) is 35.9 Å². The van der Waals surface area contributed by atoms with Gasteiger partial charge < -0.3 is 16.0 Å². The maximum Gasteiger partial charge on any atom is 0.222 e. The molecule has 2 fully saturated rings. The fraction of sp³-hybridized carbons (Fsp3) is 0.619. The molecule has 0 aromatic heterocycles. The van der Waals surface area contributed by atoms with Gasteiger partial charge >= 0.3 is 0 Å². The molecule has 1 unspecified atom stereocenters. The molecule has 0 spiro atoms. The van der Waals surface area contributed by atoms with E-state index in [0.29, 0.717) is 25.0 Å². The lowest BCUT2D eigenvalue weighted by molar-refractivity contribution is -0.121. The van der Waals surface area contributed by atoms with Crippen LogP contribution in [0.5, 0.6) is 0 Å². The van der Waals surface area contributed by atoms with E-state index in [-0.39, 0.29) is 29.9 Å². The standard InChI is InChI=1S/C21H33N5O3S/c1-22-21(23-11-7-20(27)24-19-10-14-30(28,29)16-19)25-18-8-12-26(13-9-18)15-17-5-3-2-4-6-17/h2-6,18-19H,7-16H2,1H3,(H,24,27)(H2,22,23,25). The lowest BCUT2D eigenvalue weighted by Gasteiger charge is -2.33. The average Bonchev–Trinajstić information content (AvgIpc) is 3.07. The zero-order chi connectivity index (χ0) is 21.4. The van der Waals surface area contributed by atoms with Gasteiger partial charge in [0.15, 0.2) is 15.8 Å². The largest absolute Gasteiger partial charge is 0.356 e. The van der Waals surface area contributed by atoms with Crippen molar-refractivity contribution in [1.29, 1.82) is 0 Å². The van der Waals surface area contributed by atoms with E-state index in [1.807, 2.05) is 6.07 Å². The number of likely N-dealkylation sites (tertiary alicyclic amines) is 1. The predicted octanol–water partition coefficient (Wildman–Crippen LogP) is 0.509. The number of carbonyl (C=O) groups excluding carboxylic acids is 1. The summed E-state index contributed by atoms with van der Waals surface area (Å²) in [5.74, 6) is 0.789. The van der Waals surface area contributed by atoms with E-state index in [1.165, 1.54) is 5.56 Å². The maximum atomic E-state index is 12.0. The van der Waals surface area contributed by atoms with Crippen LogP contribution in [-0.2, 0) is 21.2 Å². The Kier molecular flexibility index (Phi) is 8.09. The number of hydrogen-bond acceptors (Lipinski definition) is 5. The van der Waals surface area contributed by atoms with Gasteiger partial charge in [0.25, 0.3) is 0 Å². The van der Waals surface area contributed by atoms with Gasteiger partial charge in [-0.2, -0.15) is 0 Å². The van der Waals surface area contributed by atoms with E-state index >= 15 is 0 Å². The number of piperidine rings is 1. The molecule has 1 atom stereocenters. The first-order valence-electron chi connectivity index (χ1n) is 10.7. The Labute approximate surface area is 179 Å². The minimum atomic E-state index is -2.98. The highest BCUT2D eigenvalue weighted by atomic mass is 32.2. The molecule has 2 saturated heterocycles. The molecule has 0 aliphatic carbocycles. The molecular formula is C21H33N5O3S. The molecule has 166 valence electrons. The van der Waals surface area contributed by atoms with Crippen molar-refractivity contribution in [2.45, 2.75) is 44.3 Å². The highest BCUT2D eigenvalue weighted by Gasteiger charge is 2.28. The van der Waals surface area contributed by atoms with Crippen molar-refractivity contribution in [1.82, 2.24) is 20.9 Å². The number of hydrogen-bond donors (Lipinski definition) is 3. The van der Waals surface area contributed by atoms with Crippen molar-refractivity contribution in [3.63, 3.8) is 0 Å². The Bertz CT molecular complexity index is 820. The van der Waals surface area contributed by atoms with Gasteiger partial charge in [0.2, 0.25) is 5.91 Å². The molecule has 2 heterocycles. The van der Waals surface area contributed by atoms with E-state index in [9.17, 15) is 13.2 Å². The Morgan fingerprint density at radius 1 is 1.10 bits per heavy atom. The van der Waals surface area contributed by atoms with Gasteiger partial charge in [0, 0.05) is 51.7 Å². The van der Waals surface area contributed by atoms with Crippen LogP contribution in [0.1, 0.15) is 31.2 Å². The van der Waals surface area contributed by atoms with Gasteiger partial charge in [-0.15, -0.1) is 0 Å². The summed E-state index contributed by atoms with van der Waals surface area (Å²) < 4.78 is 22.9. The lowest BCUT2D eigenvalue weighted by atomic mass is 10.0. The van der Waals surface area contributed by atoms with Crippen LogP contribution >= 0.6 is 0 Å². The van der Waals surface area contributed by atoms with Crippen molar-refractivity contribution >= 4 is 21.7 Å². The monoisotopic (exact) mass is 435 g/mol. The molecule has 3 rings (SSSR count). The van der Waals surface area contributed by atoms with Crippen LogP contribution in [0.4, 0.5) is 0 Å². The smallest absolute Gasteiger partial charge is 0.222 e. The second-order valence-electron chi connectivity index (χ2n) is 8.10. The van der Waals surface area contributed by atoms with Crippen molar-refractivity contribution in [2.24, 2.45) is 4.99 Å². The molecule has 1 aromatic rings. The third-order valence-electron chi connectivity index (χ3n) is 5.64. The summed E-state index contributed by atoms with van der Waals surface area (Å²) in [6.07, 6.45) is 2.88. The second kappa shape index (κ2) is 10.8. The molecule has 0 bridgehead atoms. The summed E-state index contributed by atoms with van der Waals surface area (Å²) in [5.41, 5.74) is 1.34. The van der Waals surface area contributed by atoms with Crippen LogP contribution in [0.25, 0.3) is 0 Å². The first-order valence-corrected chi connectivity index (χ1v) is 12.5. The minimum Gasteiger partial charge on any atom is -0.356 e. The molecule has 9 heteroatoms. The molecule has 0 radical (unpaired) electrons. The molecular weight excluding hydrogens is 402 g/mol. The maximum absolute atomic E-state index is 12.0. The molecule has 1 aromatic carbocycles. The fourth-order valence-corrected chi connectivity index (χ4v) is 5.64. The second-order valence-corrected chi connectivity index (χ2v) is 10.3. The first-order chi connectivity index (χ1) is 14.4. The molecule has 2 aliphatic rings. The number of aliphatic imine (C=N–C) groups is 1. The number of nitrogens with zero attached hydrogens (tertiary/aromatic N) is 2. The van der Waals surface area contributed by atoms with Crippen LogP contribution in [0.2, 0.25) is 0 Å². The third kappa shape index (κ3) is 7.28. The topological polar surface area (TPSA) is 103 Å². The van der Waals surface area contributed by atoms with Crippen molar-refractivity contribution in [2.75, 3.05) is 38.2 Å². The van der Waals surface area contributed by atoms with Gasteiger partial charge in [-0.3, -0.25) is 14.7 Å². The van der Waals surface area contributed by atoms with Gasteiger partial charge in [0.05, 0.1) is 11.5 Å². The van der Waals surface area contributed by atoms with Gasteiger partial charge in [-0.1, -0.05) is 30.3 Å². The van der Waals surface area contributed by atoms with E-state index in [0.717, 1.165) is 32.5 Å². The summed E-state index contributed by atoms with van der Waals surface area (Å²) in [4.78, 5) is 18.8. The quantitative estimate of drug-likeness (QED) is 0.426. The Morgan fingerprint density at radius 3 is 2.47 bits per heavy atom. The van der Waals surface area contributed by atoms with Crippen LogP contribution < -0.4 is 16.0 Å². The zero-order valence-corrected chi connectivity index (χ0v) is 18.5. The Balaban J connectivity index is 1.32. The van der Waals surface area contributed by atoms with Gasteiger partial charge in [0.1, 0.15) is 0 Å². The molecule has 0 saturated carbocycles. The van der Waals surface area contributed by atoms with E-state index < -0.39 is 9.84 Å². The summed E-state index contributed by atoms with van der Waals surface area (Å²) in [6.45, 7) is 3.52. The Morgan fingerprint density at radius 2 is 1.83 bits per heavy atom. The molecule has 8 nitrogen and oxygen atoms in total. The van der Waals surface area contributed by atoms with Crippen LogP contribution in [0.3, 0.4) is 0 Å². The highest BCUT2D eigenvalue weighted by Crippen LogP contribution is 2.14. The normalized spacial score (nSPS) is 22.6. The summed E-state index contributed by atoms with van der Waals surface area (Å²) >= 11 is 0. The fourth-order valence-electron chi connectivity index (χ4n) is 3.97. The van der Waals surface area contributed by atoms with Gasteiger partial charge in [-0.25, -0.2) is 8.42 Å². The van der Waals surface area contributed by atoms with E-state index in [1.54, 1.807) is 7.05 Å². The number of nitrogens with one attached hydrogen (secondary N) is 3. The lowest BCUT2D eigenvalue weighted by Crippen LogP contribution is -2.49. The van der Waals surface area contributed by atoms with Crippen LogP contribution in [-0.4, -0.2) is 75.5 Å². The average molecular weight is 436 g/mol. The van der Waals surface area contributed by atoms with Crippen molar-refractivity contribution in [3.8, 4) is 0 Å². The summed E-state index contributed by atoms with van der Waals surface area (Å²) in [6, 6.07) is 10.6. The third-order valence-corrected chi connectivity index (χ3v) is 7.41. The number of sulfone groups is 1. The van der Waals surface area contributed by atoms with E-state index in [4.69, 9.17) is 0 Å². The van der Waals surface area contributed by atoms with E-state index in [2.05, 4.69) is 50.1 Å². The highest BCUT2D eigenvalue weighted by molar-refractivity contribution is 7.91. The molecule has 3 N–H and O–H groups in total. The van der Waals surface area contributed by atoms with Gasteiger partial charge in [-0.05, 0) is 24.8 Å². The molecule has 30 heavy (non-hydrogen) atoms. The summed E-state index contributed by atoms with van der Waals surface area (Å²) in [5, 5.41) is 9.44. The van der Waals surface area contributed by atoms with Crippen molar-refractivity contribution < 1.29 is 13.2 Å². The van der Waals surface area contributed by atoms with Crippen LogP contribution in [0.15, 0.2) is 35.3 Å². The molecule has 2 aliphatic heterocycles. The number of carbonyl (C=O) groups is 1. The zero-order valence-electron chi connectivity index (χ0n) is 17.6. The first kappa shape index (κ1) is 22.6. The predicted molar refractivity (Wildman–Crippen MR) is 119 cm³/mol. The SMILES string of the molecule is CN=C(NCCC(=O)NC1CCS(=O)(=O)C1)NC1CCN(Cc2ccccc2)CC1. The summed E-state index contributed by atoms with van der Waals surface area (Å²) in [7, 11) is -1.25. The molecule has 1 amide bonds. The minimum absolute atomic E-state index is 0.0539. The number of guanidine groups is 1. The Hall–Kier alpha value is -2.13. The van der Waals surface area contributed by atoms with Crippen LogP contribution in [0, 0.1) is 0 Å². The number of benzene rings is 1. The number of amides is 1. The number of rotatable bonds is 7.